The summed E-state index contributed by atoms with van der Waals surface area (Å²) in [6, 6.07) is 10.6. The maximum atomic E-state index is 5.52. The topological polar surface area (TPSA) is 51.8 Å². The summed E-state index contributed by atoms with van der Waals surface area (Å²) in [6.45, 7) is 0. The van der Waals surface area contributed by atoms with Crippen LogP contribution in [-0.4, -0.2) is 10.2 Å². The second-order valence-electron chi connectivity index (χ2n) is 3.73. The second-order valence-corrected chi connectivity index (χ2v) is 4.82. The fourth-order valence-electron chi connectivity index (χ4n) is 1.62. The van der Waals surface area contributed by atoms with Gasteiger partial charge in [-0.05, 0) is 24.8 Å². The summed E-state index contributed by atoms with van der Waals surface area (Å²) in [5.74, 6) is 0. The first-order chi connectivity index (χ1) is 7.84. The van der Waals surface area contributed by atoms with Gasteiger partial charge in [-0.1, -0.05) is 41.7 Å². The number of nitrogen functional groups attached to an aromatic ring is 1. The van der Waals surface area contributed by atoms with E-state index in [9.17, 15) is 0 Å². The van der Waals surface area contributed by atoms with E-state index >= 15 is 0 Å². The van der Waals surface area contributed by atoms with Gasteiger partial charge < -0.3 is 5.73 Å². The maximum absolute atomic E-state index is 5.52. The highest BCUT2D eigenvalue weighted by Crippen LogP contribution is 2.14. The minimum atomic E-state index is 0.568. The molecule has 0 aliphatic heterocycles. The first kappa shape index (κ1) is 11.1. The largest absolute Gasteiger partial charge is 0.374 e. The molecule has 2 N–H and O–H groups in total. The van der Waals surface area contributed by atoms with Crippen molar-refractivity contribution in [3.8, 4) is 0 Å². The second kappa shape index (κ2) is 5.61. The molecule has 3 nitrogen and oxygen atoms in total. The van der Waals surface area contributed by atoms with Gasteiger partial charge in [-0.2, -0.15) is 0 Å². The van der Waals surface area contributed by atoms with Crippen molar-refractivity contribution in [1.29, 1.82) is 0 Å². The van der Waals surface area contributed by atoms with Crippen LogP contribution in [-0.2, 0) is 12.8 Å². The summed E-state index contributed by atoms with van der Waals surface area (Å²) in [5, 5.41) is 9.42. The zero-order valence-electron chi connectivity index (χ0n) is 9.10. The Hall–Kier alpha value is -1.42. The molecule has 1 aromatic carbocycles. The van der Waals surface area contributed by atoms with Crippen molar-refractivity contribution < 1.29 is 0 Å². The number of anilines is 1. The number of rotatable bonds is 5. The Morgan fingerprint density at radius 2 is 1.75 bits per heavy atom. The van der Waals surface area contributed by atoms with Crippen LogP contribution in [0.4, 0.5) is 5.13 Å². The third kappa shape index (κ3) is 3.31. The van der Waals surface area contributed by atoms with Crippen LogP contribution >= 0.6 is 11.3 Å². The molecular weight excluding hydrogens is 218 g/mol. The molecule has 0 atom stereocenters. The van der Waals surface area contributed by atoms with Crippen LogP contribution in [0, 0.1) is 0 Å². The molecule has 2 aromatic rings. The Morgan fingerprint density at radius 1 is 1.00 bits per heavy atom. The number of nitrogens with zero attached hydrogens (tertiary/aromatic N) is 2. The SMILES string of the molecule is Nc1nnc(CCCCc2ccccc2)s1. The molecule has 0 saturated carbocycles. The number of aryl methyl sites for hydroxylation is 2. The van der Waals surface area contributed by atoms with Gasteiger partial charge in [0, 0.05) is 6.42 Å². The molecule has 0 amide bonds. The molecule has 0 aliphatic rings. The molecule has 0 fully saturated rings. The zero-order chi connectivity index (χ0) is 11.2. The van der Waals surface area contributed by atoms with E-state index in [0.29, 0.717) is 5.13 Å². The van der Waals surface area contributed by atoms with Gasteiger partial charge in [-0.3, -0.25) is 0 Å². The molecule has 1 heterocycles. The highest BCUT2D eigenvalue weighted by molar-refractivity contribution is 7.15. The molecule has 1 aromatic heterocycles. The van der Waals surface area contributed by atoms with Gasteiger partial charge in [0.1, 0.15) is 5.01 Å². The van der Waals surface area contributed by atoms with E-state index in [1.165, 1.54) is 23.3 Å². The third-order valence-electron chi connectivity index (χ3n) is 2.43. The standard InChI is InChI=1S/C12H15N3S/c13-12-15-14-11(16-12)9-5-4-8-10-6-2-1-3-7-10/h1-3,6-7H,4-5,8-9H2,(H2,13,15). The van der Waals surface area contributed by atoms with E-state index in [4.69, 9.17) is 5.73 Å². The molecule has 0 saturated heterocycles. The number of unbranched alkanes of at least 4 members (excludes halogenated alkanes) is 1. The lowest BCUT2D eigenvalue weighted by Crippen LogP contribution is -1.88. The molecule has 0 bridgehead atoms. The van der Waals surface area contributed by atoms with Gasteiger partial charge in [0.15, 0.2) is 0 Å². The lowest BCUT2D eigenvalue weighted by atomic mass is 10.1. The molecule has 2 rings (SSSR count). The average molecular weight is 233 g/mol. The van der Waals surface area contributed by atoms with E-state index in [-0.39, 0.29) is 0 Å². The van der Waals surface area contributed by atoms with Crippen LogP contribution < -0.4 is 5.73 Å². The number of hydrogen-bond donors (Lipinski definition) is 1. The number of benzene rings is 1. The Balaban J connectivity index is 1.69. The fraction of sp³-hybridized carbons (Fsp3) is 0.333. The Bertz CT molecular complexity index is 425. The molecule has 0 unspecified atom stereocenters. The number of hydrogen-bond acceptors (Lipinski definition) is 4. The molecule has 84 valence electrons. The van der Waals surface area contributed by atoms with E-state index in [0.717, 1.165) is 24.3 Å². The summed E-state index contributed by atoms with van der Waals surface area (Å²) in [5.41, 5.74) is 6.92. The van der Waals surface area contributed by atoms with Crippen molar-refractivity contribution >= 4 is 16.5 Å². The van der Waals surface area contributed by atoms with E-state index in [1.807, 2.05) is 6.07 Å². The van der Waals surface area contributed by atoms with Gasteiger partial charge in [0.2, 0.25) is 5.13 Å². The third-order valence-corrected chi connectivity index (χ3v) is 3.24. The summed E-state index contributed by atoms with van der Waals surface area (Å²) in [6.07, 6.45) is 4.45. The van der Waals surface area contributed by atoms with E-state index in [2.05, 4.69) is 34.5 Å². The highest BCUT2D eigenvalue weighted by atomic mass is 32.1. The van der Waals surface area contributed by atoms with Crippen LogP contribution in [0.15, 0.2) is 30.3 Å². The zero-order valence-corrected chi connectivity index (χ0v) is 9.91. The minimum Gasteiger partial charge on any atom is -0.374 e. The molecular formula is C12H15N3S. The minimum absolute atomic E-state index is 0.568. The van der Waals surface area contributed by atoms with Crippen LogP contribution in [0.25, 0.3) is 0 Å². The predicted molar refractivity (Wildman–Crippen MR) is 67.4 cm³/mol. The lowest BCUT2D eigenvalue weighted by molar-refractivity contribution is 0.726. The van der Waals surface area contributed by atoms with Crippen LogP contribution in [0.5, 0.6) is 0 Å². The van der Waals surface area contributed by atoms with Gasteiger partial charge in [-0.15, -0.1) is 10.2 Å². The van der Waals surface area contributed by atoms with Crippen molar-refractivity contribution in [1.82, 2.24) is 10.2 Å². The summed E-state index contributed by atoms with van der Waals surface area (Å²) >= 11 is 1.49. The smallest absolute Gasteiger partial charge is 0.203 e. The van der Waals surface area contributed by atoms with Crippen LogP contribution in [0.1, 0.15) is 23.4 Å². The summed E-state index contributed by atoms with van der Waals surface area (Å²) < 4.78 is 0. The van der Waals surface area contributed by atoms with Crippen molar-refractivity contribution in [2.75, 3.05) is 5.73 Å². The Kier molecular flexibility index (Phi) is 3.88. The Labute approximate surface area is 99.3 Å². The molecule has 0 radical (unpaired) electrons. The van der Waals surface area contributed by atoms with Crippen LogP contribution in [0.3, 0.4) is 0 Å². The highest BCUT2D eigenvalue weighted by Gasteiger charge is 2.00. The van der Waals surface area contributed by atoms with Gasteiger partial charge in [0.25, 0.3) is 0 Å². The Morgan fingerprint density at radius 3 is 2.44 bits per heavy atom. The van der Waals surface area contributed by atoms with Gasteiger partial charge in [-0.25, -0.2) is 0 Å². The lowest BCUT2D eigenvalue weighted by Gasteiger charge is -1.99. The van der Waals surface area contributed by atoms with Crippen molar-refractivity contribution in [3.63, 3.8) is 0 Å². The van der Waals surface area contributed by atoms with Gasteiger partial charge >= 0.3 is 0 Å². The summed E-state index contributed by atoms with van der Waals surface area (Å²) in [7, 11) is 0. The number of nitrogens with two attached hydrogens (primary N) is 1. The van der Waals surface area contributed by atoms with E-state index < -0.39 is 0 Å². The monoisotopic (exact) mass is 233 g/mol. The van der Waals surface area contributed by atoms with E-state index in [1.54, 1.807) is 0 Å². The molecule has 0 spiro atoms. The summed E-state index contributed by atoms with van der Waals surface area (Å²) in [4.78, 5) is 0. The van der Waals surface area contributed by atoms with Crippen molar-refractivity contribution in [3.05, 3.63) is 40.9 Å². The fourth-order valence-corrected chi connectivity index (χ4v) is 2.27. The first-order valence-electron chi connectivity index (χ1n) is 5.46. The average Bonchev–Trinajstić information content (AvgIpc) is 2.72. The molecule has 0 aliphatic carbocycles. The normalized spacial score (nSPS) is 10.5. The van der Waals surface area contributed by atoms with Crippen molar-refractivity contribution in [2.45, 2.75) is 25.7 Å². The van der Waals surface area contributed by atoms with Crippen LogP contribution in [0.2, 0.25) is 0 Å². The molecule has 16 heavy (non-hydrogen) atoms. The van der Waals surface area contributed by atoms with Crippen molar-refractivity contribution in [2.24, 2.45) is 0 Å². The van der Waals surface area contributed by atoms with Gasteiger partial charge in [0.05, 0.1) is 0 Å². The predicted octanol–water partition coefficient (Wildman–Crippen LogP) is 2.69. The quantitative estimate of drug-likeness (QED) is 0.808. The molecule has 4 heteroatoms. The maximum Gasteiger partial charge on any atom is 0.203 e. The first-order valence-corrected chi connectivity index (χ1v) is 6.28. The number of aromatic nitrogens is 2.